The molecule has 0 atom stereocenters. The van der Waals surface area contributed by atoms with Gasteiger partial charge in [-0.1, -0.05) is 11.6 Å². The number of nitrogens with two attached hydrogens (primary N) is 1. The summed E-state index contributed by atoms with van der Waals surface area (Å²) in [5, 5.41) is 15.6. The number of hydrogen-bond acceptors (Lipinski definition) is 5. The van der Waals surface area contributed by atoms with Gasteiger partial charge in [0.05, 0.1) is 10.7 Å². The zero-order chi connectivity index (χ0) is 16.8. The molecule has 0 aliphatic carbocycles. The number of amides is 2. The average molecular weight is 347 g/mol. The Hall–Kier alpha value is -2.69. The SMILES string of the molecule is N#CSc1ccc(NC(=O)C(=O)Nc2ccc(N)cc2Cl)cc1. The average Bonchev–Trinajstić information content (AvgIpc) is 2.52. The summed E-state index contributed by atoms with van der Waals surface area (Å²) < 4.78 is 0. The molecule has 0 heterocycles. The number of benzene rings is 2. The predicted octanol–water partition coefficient (Wildman–Crippen LogP) is 3.07. The lowest BCUT2D eigenvalue weighted by Gasteiger charge is -2.08. The lowest BCUT2D eigenvalue weighted by atomic mass is 10.2. The topological polar surface area (TPSA) is 108 Å². The van der Waals surface area contributed by atoms with Crippen LogP contribution in [0.25, 0.3) is 0 Å². The number of nitriles is 1. The van der Waals surface area contributed by atoms with Crippen LogP contribution in [0, 0.1) is 10.7 Å². The second-order valence-electron chi connectivity index (χ2n) is 4.37. The summed E-state index contributed by atoms with van der Waals surface area (Å²) in [6.07, 6.45) is 0. The molecular formula is C15H11ClN4O2S. The second-order valence-corrected chi connectivity index (χ2v) is 5.63. The first kappa shape index (κ1) is 16.7. The smallest absolute Gasteiger partial charge is 0.314 e. The Kier molecular flexibility index (Phi) is 5.46. The number of nitrogens with one attached hydrogen (secondary N) is 2. The molecule has 0 fully saturated rings. The van der Waals surface area contributed by atoms with Crippen LogP contribution in [-0.2, 0) is 9.59 Å². The van der Waals surface area contributed by atoms with Crippen molar-refractivity contribution in [1.82, 2.24) is 0 Å². The highest BCUT2D eigenvalue weighted by Crippen LogP contribution is 2.24. The third-order valence-corrected chi connectivity index (χ3v) is 3.64. The Morgan fingerprint density at radius 1 is 1.09 bits per heavy atom. The highest BCUT2D eigenvalue weighted by Gasteiger charge is 2.15. The normalized spacial score (nSPS) is 9.74. The molecule has 6 nitrogen and oxygen atoms in total. The number of thiocyanates is 1. The van der Waals surface area contributed by atoms with Crippen molar-refractivity contribution < 1.29 is 9.59 Å². The number of anilines is 3. The lowest BCUT2D eigenvalue weighted by Crippen LogP contribution is -2.29. The molecule has 0 unspecified atom stereocenters. The minimum Gasteiger partial charge on any atom is -0.399 e. The van der Waals surface area contributed by atoms with Crippen molar-refractivity contribution in [1.29, 1.82) is 5.26 Å². The highest BCUT2D eigenvalue weighted by atomic mass is 35.5. The number of carbonyl (C=O) groups excluding carboxylic acids is 2. The van der Waals surface area contributed by atoms with E-state index in [1.54, 1.807) is 30.3 Å². The summed E-state index contributed by atoms with van der Waals surface area (Å²) in [4.78, 5) is 24.5. The molecule has 4 N–H and O–H groups in total. The molecule has 0 aliphatic heterocycles. The van der Waals surface area contributed by atoms with Crippen molar-refractivity contribution in [3.63, 3.8) is 0 Å². The van der Waals surface area contributed by atoms with E-state index in [1.807, 2.05) is 5.40 Å². The number of halogens is 1. The van der Waals surface area contributed by atoms with E-state index in [2.05, 4.69) is 10.6 Å². The molecule has 0 aliphatic rings. The predicted molar refractivity (Wildman–Crippen MR) is 91.0 cm³/mol. The minimum atomic E-state index is -0.854. The van der Waals surface area contributed by atoms with E-state index in [-0.39, 0.29) is 5.02 Å². The van der Waals surface area contributed by atoms with Gasteiger partial charge in [-0.2, -0.15) is 5.26 Å². The van der Waals surface area contributed by atoms with Crippen LogP contribution in [-0.4, -0.2) is 11.8 Å². The lowest BCUT2D eigenvalue weighted by molar-refractivity contribution is -0.132. The molecule has 0 saturated carbocycles. The van der Waals surface area contributed by atoms with E-state index >= 15 is 0 Å². The van der Waals surface area contributed by atoms with E-state index in [1.165, 1.54) is 12.1 Å². The fraction of sp³-hybridized carbons (Fsp3) is 0. The van der Waals surface area contributed by atoms with Gasteiger partial charge in [0.15, 0.2) is 0 Å². The van der Waals surface area contributed by atoms with Crippen LogP contribution in [0.3, 0.4) is 0 Å². The standard InChI is InChI=1S/C15H11ClN4O2S/c16-12-7-9(18)1-6-13(12)20-15(22)14(21)19-10-2-4-11(5-3-10)23-8-17/h1-7H,18H2,(H,19,21)(H,20,22). The first-order valence-electron chi connectivity index (χ1n) is 6.33. The summed E-state index contributed by atoms with van der Waals surface area (Å²) in [7, 11) is 0. The number of carbonyl (C=O) groups is 2. The first-order chi connectivity index (χ1) is 11.0. The number of hydrogen-bond donors (Lipinski definition) is 3. The number of thioether (sulfide) groups is 1. The van der Waals surface area contributed by atoms with Gasteiger partial charge < -0.3 is 16.4 Å². The van der Waals surface area contributed by atoms with Crippen molar-refractivity contribution in [3.8, 4) is 5.40 Å². The Labute approximate surface area is 141 Å². The Balaban J connectivity index is 1.99. The molecule has 2 amide bonds. The zero-order valence-electron chi connectivity index (χ0n) is 11.7. The maximum Gasteiger partial charge on any atom is 0.314 e. The van der Waals surface area contributed by atoms with Crippen molar-refractivity contribution >= 4 is 52.2 Å². The maximum atomic E-state index is 11.9. The fourth-order valence-electron chi connectivity index (χ4n) is 1.66. The largest absolute Gasteiger partial charge is 0.399 e. The minimum absolute atomic E-state index is 0.240. The van der Waals surface area contributed by atoms with E-state index in [9.17, 15) is 9.59 Å². The van der Waals surface area contributed by atoms with E-state index in [4.69, 9.17) is 22.6 Å². The first-order valence-corrected chi connectivity index (χ1v) is 7.52. The summed E-state index contributed by atoms with van der Waals surface area (Å²) in [6, 6.07) is 11.1. The monoisotopic (exact) mass is 346 g/mol. The van der Waals surface area contributed by atoms with Gasteiger partial charge in [0.2, 0.25) is 0 Å². The summed E-state index contributed by atoms with van der Waals surface area (Å²) in [5.74, 6) is -1.69. The van der Waals surface area contributed by atoms with Gasteiger partial charge >= 0.3 is 11.8 Å². The van der Waals surface area contributed by atoms with Gasteiger partial charge in [-0.05, 0) is 54.2 Å². The molecule has 0 spiro atoms. The summed E-state index contributed by atoms with van der Waals surface area (Å²) >= 11 is 6.93. The third-order valence-electron chi connectivity index (χ3n) is 2.72. The molecule has 0 radical (unpaired) electrons. The maximum absolute atomic E-state index is 11.9. The molecule has 23 heavy (non-hydrogen) atoms. The molecular weight excluding hydrogens is 336 g/mol. The van der Waals surface area contributed by atoms with Gasteiger partial charge in [0.1, 0.15) is 5.40 Å². The second kappa shape index (κ2) is 7.54. The Bertz CT molecular complexity index is 787. The van der Waals surface area contributed by atoms with Gasteiger partial charge in [-0.3, -0.25) is 9.59 Å². The molecule has 0 aromatic heterocycles. The van der Waals surface area contributed by atoms with Gasteiger partial charge in [0.25, 0.3) is 0 Å². The van der Waals surface area contributed by atoms with Crippen LogP contribution in [0.5, 0.6) is 0 Å². The van der Waals surface area contributed by atoms with Crippen LogP contribution in [0.2, 0.25) is 5.02 Å². The number of nitrogen functional groups attached to an aromatic ring is 1. The molecule has 2 aromatic rings. The number of nitrogens with zero attached hydrogens (tertiary/aromatic N) is 1. The molecule has 0 saturated heterocycles. The number of rotatable bonds is 3. The Morgan fingerprint density at radius 3 is 2.35 bits per heavy atom. The van der Waals surface area contributed by atoms with Crippen molar-refractivity contribution in [3.05, 3.63) is 47.5 Å². The van der Waals surface area contributed by atoms with Crippen LogP contribution in [0.15, 0.2) is 47.4 Å². The van der Waals surface area contributed by atoms with Gasteiger partial charge in [-0.15, -0.1) is 0 Å². The van der Waals surface area contributed by atoms with Crippen LogP contribution >= 0.6 is 23.4 Å². The van der Waals surface area contributed by atoms with E-state index < -0.39 is 11.8 Å². The van der Waals surface area contributed by atoms with Crippen LogP contribution < -0.4 is 16.4 Å². The molecule has 2 rings (SSSR count). The van der Waals surface area contributed by atoms with Crippen LogP contribution in [0.1, 0.15) is 0 Å². The Morgan fingerprint density at radius 2 is 1.74 bits per heavy atom. The summed E-state index contributed by atoms with van der Waals surface area (Å²) in [6.45, 7) is 0. The van der Waals surface area contributed by atoms with Crippen molar-refractivity contribution in [2.75, 3.05) is 16.4 Å². The van der Waals surface area contributed by atoms with Crippen molar-refractivity contribution in [2.24, 2.45) is 0 Å². The highest BCUT2D eigenvalue weighted by molar-refractivity contribution is 8.03. The molecule has 116 valence electrons. The fourth-order valence-corrected chi connectivity index (χ4v) is 2.27. The third kappa shape index (κ3) is 4.64. The van der Waals surface area contributed by atoms with Crippen molar-refractivity contribution in [2.45, 2.75) is 4.90 Å². The molecule has 8 heteroatoms. The van der Waals surface area contributed by atoms with Gasteiger partial charge in [-0.25, -0.2) is 0 Å². The van der Waals surface area contributed by atoms with E-state index in [0.29, 0.717) is 17.1 Å². The zero-order valence-corrected chi connectivity index (χ0v) is 13.2. The summed E-state index contributed by atoms with van der Waals surface area (Å²) in [5.41, 5.74) is 6.74. The molecule has 2 aromatic carbocycles. The quantitative estimate of drug-likeness (QED) is 0.342. The molecule has 0 bridgehead atoms. The van der Waals surface area contributed by atoms with E-state index in [0.717, 1.165) is 16.7 Å². The van der Waals surface area contributed by atoms with Crippen LogP contribution in [0.4, 0.5) is 17.1 Å². The van der Waals surface area contributed by atoms with Gasteiger partial charge in [0, 0.05) is 16.3 Å².